The smallest absolute Gasteiger partial charge is 0.225 e. The van der Waals surface area contributed by atoms with Gasteiger partial charge in [-0.1, -0.05) is 0 Å². The number of hydrogen-bond donors (Lipinski definition) is 0. The molecule has 0 aromatic carbocycles. The van der Waals surface area contributed by atoms with Crippen molar-refractivity contribution in [2.24, 2.45) is 35.5 Å². The summed E-state index contributed by atoms with van der Waals surface area (Å²) in [4.78, 5) is 14.9. The number of alkyl halides is 1. The van der Waals surface area contributed by atoms with Crippen LogP contribution >= 0.6 is 11.6 Å². The lowest BCUT2D eigenvalue weighted by molar-refractivity contribution is -0.148. The summed E-state index contributed by atoms with van der Waals surface area (Å²) < 4.78 is 0. The largest absolute Gasteiger partial charge is 0.345 e. The molecule has 4 bridgehead atoms. The van der Waals surface area contributed by atoms with Crippen LogP contribution in [0.25, 0.3) is 0 Å². The first kappa shape index (κ1) is 13.4. The molecule has 1 amide bonds. The van der Waals surface area contributed by atoms with Gasteiger partial charge in [0.25, 0.3) is 0 Å². The Kier molecular flexibility index (Phi) is 3.29. The van der Waals surface area contributed by atoms with Crippen LogP contribution in [0, 0.1) is 35.5 Å². The Morgan fingerprint density at radius 3 is 2.05 bits per heavy atom. The summed E-state index contributed by atoms with van der Waals surface area (Å²) in [6.45, 7) is 0.935. The summed E-state index contributed by atoms with van der Waals surface area (Å²) in [6.07, 6.45) is 9.01. The summed E-state index contributed by atoms with van der Waals surface area (Å²) in [5, 5.41) is 0.365. The molecule has 5 aliphatic carbocycles. The SMILES string of the molecule is CN(CC1CC(Cl)C1)C(=O)C1C2CC3CC(C2)CC1C3. The minimum Gasteiger partial charge on any atom is -0.345 e. The molecule has 0 spiro atoms. The first-order valence-electron chi connectivity index (χ1n) is 8.49. The summed E-state index contributed by atoms with van der Waals surface area (Å²) in [5.41, 5.74) is 0. The average molecular weight is 296 g/mol. The normalized spacial score (nSPS) is 49.0. The van der Waals surface area contributed by atoms with Gasteiger partial charge in [0.15, 0.2) is 0 Å². The molecule has 5 saturated carbocycles. The molecule has 0 saturated heterocycles. The van der Waals surface area contributed by atoms with Gasteiger partial charge in [-0.05, 0) is 74.5 Å². The Balaban J connectivity index is 1.40. The summed E-state index contributed by atoms with van der Waals surface area (Å²) in [7, 11) is 2.02. The molecule has 3 heteroatoms. The van der Waals surface area contributed by atoms with Crippen molar-refractivity contribution in [3.63, 3.8) is 0 Å². The molecule has 0 aromatic rings. The fourth-order valence-electron chi connectivity index (χ4n) is 5.86. The molecule has 20 heavy (non-hydrogen) atoms. The topological polar surface area (TPSA) is 20.3 Å². The van der Waals surface area contributed by atoms with E-state index in [0.29, 0.717) is 35.0 Å². The zero-order chi connectivity index (χ0) is 13.9. The second-order valence-corrected chi connectivity index (χ2v) is 8.73. The number of halogens is 1. The predicted octanol–water partition coefficient (Wildman–Crippen LogP) is 3.53. The molecule has 0 unspecified atom stereocenters. The molecule has 5 aliphatic rings. The predicted molar refractivity (Wildman–Crippen MR) is 80.5 cm³/mol. The molecule has 112 valence electrons. The molecule has 0 aromatic heterocycles. The number of hydrogen-bond acceptors (Lipinski definition) is 1. The third kappa shape index (κ3) is 2.19. The number of carbonyl (C=O) groups excluding carboxylic acids is 1. The maximum atomic E-state index is 12.9. The highest BCUT2D eigenvalue weighted by atomic mass is 35.5. The average Bonchev–Trinajstić information content (AvgIpc) is 2.35. The second kappa shape index (κ2) is 4.90. The summed E-state index contributed by atoms with van der Waals surface area (Å²) in [5.74, 6) is 4.80. The van der Waals surface area contributed by atoms with Crippen molar-refractivity contribution in [1.29, 1.82) is 0 Å². The third-order valence-electron chi connectivity index (χ3n) is 6.60. The van der Waals surface area contributed by atoms with Crippen LogP contribution < -0.4 is 0 Å². The van der Waals surface area contributed by atoms with Crippen molar-refractivity contribution in [3.8, 4) is 0 Å². The van der Waals surface area contributed by atoms with Gasteiger partial charge in [-0.3, -0.25) is 4.79 Å². The van der Waals surface area contributed by atoms with Gasteiger partial charge in [0.1, 0.15) is 0 Å². The van der Waals surface area contributed by atoms with Gasteiger partial charge < -0.3 is 4.90 Å². The van der Waals surface area contributed by atoms with Crippen LogP contribution in [0.4, 0.5) is 0 Å². The van der Waals surface area contributed by atoms with Crippen molar-refractivity contribution in [1.82, 2.24) is 4.90 Å². The van der Waals surface area contributed by atoms with E-state index >= 15 is 0 Å². The first-order valence-corrected chi connectivity index (χ1v) is 8.92. The van der Waals surface area contributed by atoms with Crippen LogP contribution in [0.5, 0.6) is 0 Å². The van der Waals surface area contributed by atoms with E-state index in [0.717, 1.165) is 31.2 Å². The molecule has 5 fully saturated rings. The van der Waals surface area contributed by atoms with Gasteiger partial charge in [0, 0.05) is 24.9 Å². The molecule has 0 N–H and O–H groups in total. The van der Waals surface area contributed by atoms with Gasteiger partial charge in [0.05, 0.1) is 0 Å². The summed E-state index contributed by atoms with van der Waals surface area (Å²) in [6, 6.07) is 0. The van der Waals surface area contributed by atoms with Crippen molar-refractivity contribution >= 4 is 17.5 Å². The zero-order valence-electron chi connectivity index (χ0n) is 12.4. The first-order chi connectivity index (χ1) is 9.60. The van der Waals surface area contributed by atoms with E-state index in [2.05, 4.69) is 0 Å². The third-order valence-corrected chi connectivity index (χ3v) is 6.95. The van der Waals surface area contributed by atoms with Crippen LogP contribution in [0.1, 0.15) is 44.9 Å². The maximum Gasteiger partial charge on any atom is 0.225 e. The monoisotopic (exact) mass is 295 g/mol. The van der Waals surface area contributed by atoms with E-state index in [1.54, 1.807) is 0 Å². The van der Waals surface area contributed by atoms with Crippen molar-refractivity contribution in [2.45, 2.75) is 50.3 Å². The fourth-order valence-corrected chi connectivity index (χ4v) is 6.37. The Labute approximate surface area is 127 Å². The number of carbonyl (C=O) groups is 1. The van der Waals surface area contributed by atoms with Gasteiger partial charge in [-0.2, -0.15) is 0 Å². The zero-order valence-corrected chi connectivity index (χ0v) is 13.2. The quantitative estimate of drug-likeness (QED) is 0.729. The van der Waals surface area contributed by atoms with E-state index in [9.17, 15) is 4.79 Å². The minimum atomic E-state index is 0.361. The maximum absolute atomic E-state index is 12.9. The van der Waals surface area contributed by atoms with Crippen molar-refractivity contribution in [2.75, 3.05) is 13.6 Å². The van der Waals surface area contributed by atoms with Crippen LogP contribution in [-0.2, 0) is 4.79 Å². The number of amides is 1. The molecule has 0 radical (unpaired) electrons. The van der Waals surface area contributed by atoms with Crippen molar-refractivity contribution in [3.05, 3.63) is 0 Å². The van der Waals surface area contributed by atoms with Crippen LogP contribution in [0.2, 0.25) is 0 Å². The van der Waals surface area contributed by atoms with Crippen LogP contribution in [-0.4, -0.2) is 29.8 Å². The van der Waals surface area contributed by atoms with E-state index in [-0.39, 0.29) is 0 Å². The van der Waals surface area contributed by atoms with Crippen LogP contribution in [0.15, 0.2) is 0 Å². The van der Waals surface area contributed by atoms with Crippen molar-refractivity contribution < 1.29 is 4.79 Å². The van der Waals surface area contributed by atoms with E-state index in [1.807, 2.05) is 11.9 Å². The Hall–Kier alpha value is -0.240. The molecule has 5 rings (SSSR count). The standard InChI is InChI=1S/C17H26ClNO/c1-19(9-12-7-15(18)8-12)17(20)16-13-3-10-2-11(5-13)6-14(16)4-10/h10-16H,2-9H2,1H3. The Morgan fingerprint density at radius 1 is 1.00 bits per heavy atom. The minimum absolute atomic E-state index is 0.361. The summed E-state index contributed by atoms with van der Waals surface area (Å²) >= 11 is 6.05. The van der Waals surface area contributed by atoms with Gasteiger partial charge >= 0.3 is 0 Å². The highest BCUT2D eigenvalue weighted by Gasteiger charge is 2.51. The van der Waals surface area contributed by atoms with E-state index in [4.69, 9.17) is 11.6 Å². The fraction of sp³-hybridized carbons (Fsp3) is 0.941. The Morgan fingerprint density at radius 2 is 1.55 bits per heavy atom. The number of rotatable bonds is 3. The molecule has 0 atom stereocenters. The van der Waals surface area contributed by atoms with Crippen LogP contribution in [0.3, 0.4) is 0 Å². The lowest BCUT2D eigenvalue weighted by Crippen LogP contribution is -2.52. The molecular formula is C17H26ClNO. The molecule has 0 aliphatic heterocycles. The highest BCUT2D eigenvalue weighted by molar-refractivity contribution is 6.21. The highest BCUT2D eigenvalue weighted by Crippen LogP contribution is 2.56. The second-order valence-electron chi connectivity index (χ2n) is 8.11. The number of nitrogens with zero attached hydrogens (tertiary/aromatic N) is 1. The lowest BCUT2D eigenvalue weighted by atomic mass is 9.51. The van der Waals surface area contributed by atoms with Gasteiger partial charge in [-0.15, -0.1) is 11.6 Å². The van der Waals surface area contributed by atoms with Gasteiger partial charge in [0.2, 0.25) is 5.91 Å². The molecule has 2 nitrogen and oxygen atoms in total. The molecule has 0 heterocycles. The Bertz CT molecular complexity index is 376. The van der Waals surface area contributed by atoms with Gasteiger partial charge in [-0.25, -0.2) is 0 Å². The van der Waals surface area contributed by atoms with E-state index in [1.165, 1.54) is 32.1 Å². The molecular weight excluding hydrogens is 270 g/mol. The van der Waals surface area contributed by atoms with E-state index < -0.39 is 0 Å². The lowest BCUT2D eigenvalue weighted by Gasteiger charge is -2.54.